The van der Waals surface area contributed by atoms with Crippen LogP contribution in [0.25, 0.3) is 5.69 Å². The van der Waals surface area contributed by atoms with Gasteiger partial charge in [0, 0.05) is 12.1 Å². The molecular weight excluding hydrogens is 244 g/mol. The van der Waals surface area contributed by atoms with Crippen molar-refractivity contribution in [1.82, 2.24) is 5.27 Å². The third kappa shape index (κ3) is 2.76. The fraction of sp³-hybridized carbons (Fsp3) is 0.429. The average Bonchev–Trinajstić information content (AvgIpc) is 2.71. The SMILES string of the molecule is CC(C)CC(C)(O)c1c([O-])on[n+]1-c1ccccc1. The van der Waals surface area contributed by atoms with E-state index in [4.69, 9.17) is 4.52 Å². The van der Waals surface area contributed by atoms with E-state index in [0.29, 0.717) is 12.1 Å². The summed E-state index contributed by atoms with van der Waals surface area (Å²) in [5.41, 5.74) is -0.430. The fourth-order valence-electron chi connectivity index (χ4n) is 2.33. The number of aromatic nitrogens is 2. The van der Waals surface area contributed by atoms with Crippen LogP contribution in [0.2, 0.25) is 0 Å². The van der Waals surface area contributed by atoms with Crippen molar-refractivity contribution in [2.24, 2.45) is 5.92 Å². The summed E-state index contributed by atoms with van der Waals surface area (Å²) in [4.78, 5) is 0. The maximum absolute atomic E-state index is 11.8. The van der Waals surface area contributed by atoms with Gasteiger partial charge in [-0.2, -0.15) is 0 Å². The lowest BCUT2D eigenvalue weighted by Crippen LogP contribution is -2.44. The predicted octanol–water partition coefficient (Wildman–Crippen LogP) is 1.28. The Balaban J connectivity index is 2.49. The number of para-hydroxylation sites is 1. The molecule has 0 fully saturated rings. The molecule has 1 aromatic carbocycles. The van der Waals surface area contributed by atoms with Gasteiger partial charge in [0.15, 0.2) is 11.5 Å². The molecule has 5 heteroatoms. The Morgan fingerprint density at radius 2 is 2.00 bits per heavy atom. The van der Waals surface area contributed by atoms with Gasteiger partial charge in [0.1, 0.15) is 0 Å². The second-order valence-corrected chi connectivity index (χ2v) is 5.33. The van der Waals surface area contributed by atoms with Crippen molar-refractivity contribution in [2.75, 3.05) is 0 Å². The van der Waals surface area contributed by atoms with Crippen LogP contribution in [0.5, 0.6) is 5.95 Å². The first-order chi connectivity index (χ1) is 8.92. The second-order valence-electron chi connectivity index (χ2n) is 5.33. The zero-order valence-electron chi connectivity index (χ0n) is 11.3. The van der Waals surface area contributed by atoms with Crippen LogP contribution in [0.15, 0.2) is 34.9 Å². The molecule has 2 rings (SSSR count). The molecule has 0 aliphatic carbocycles. The van der Waals surface area contributed by atoms with Gasteiger partial charge in [-0.05, 0) is 23.9 Å². The Morgan fingerprint density at radius 3 is 2.58 bits per heavy atom. The minimum absolute atomic E-state index is 0.160. The minimum Gasteiger partial charge on any atom is -0.539 e. The Bertz CT molecular complexity index is 547. The van der Waals surface area contributed by atoms with Gasteiger partial charge >= 0.3 is 0 Å². The van der Waals surface area contributed by atoms with Crippen molar-refractivity contribution in [3.05, 3.63) is 36.0 Å². The number of benzene rings is 1. The molecule has 2 aromatic rings. The van der Waals surface area contributed by atoms with E-state index >= 15 is 0 Å². The van der Waals surface area contributed by atoms with Crippen molar-refractivity contribution < 1.29 is 19.4 Å². The molecule has 0 spiro atoms. The summed E-state index contributed by atoms with van der Waals surface area (Å²) in [6, 6.07) is 9.15. The van der Waals surface area contributed by atoms with Crippen LogP contribution in [0.3, 0.4) is 0 Å². The smallest absolute Gasteiger partial charge is 0.271 e. The van der Waals surface area contributed by atoms with Crippen LogP contribution < -0.4 is 9.79 Å². The summed E-state index contributed by atoms with van der Waals surface area (Å²) >= 11 is 0. The zero-order chi connectivity index (χ0) is 14.0. The van der Waals surface area contributed by atoms with Gasteiger partial charge in [0.2, 0.25) is 5.69 Å². The van der Waals surface area contributed by atoms with E-state index < -0.39 is 11.5 Å². The van der Waals surface area contributed by atoms with Crippen molar-refractivity contribution in [3.63, 3.8) is 0 Å². The van der Waals surface area contributed by atoms with E-state index in [9.17, 15) is 10.2 Å². The summed E-state index contributed by atoms with van der Waals surface area (Å²) in [7, 11) is 0. The van der Waals surface area contributed by atoms with Crippen molar-refractivity contribution in [2.45, 2.75) is 32.8 Å². The van der Waals surface area contributed by atoms with Gasteiger partial charge in [-0.3, -0.25) is 0 Å². The molecule has 1 atom stereocenters. The van der Waals surface area contributed by atoms with Crippen LogP contribution in [0.1, 0.15) is 32.9 Å². The first-order valence-electron chi connectivity index (χ1n) is 6.29. The number of aliphatic hydroxyl groups is 1. The molecule has 5 nitrogen and oxygen atoms in total. The highest BCUT2D eigenvalue weighted by atomic mass is 16.6. The summed E-state index contributed by atoms with van der Waals surface area (Å²) in [6.45, 7) is 5.58. The van der Waals surface area contributed by atoms with E-state index in [-0.39, 0.29) is 11.6 Å². The van der Waals surface area contributed by atoms with Gasteiger partial charge < -0.3 is 14.7 Å². The highest BCUT2D eigenvalue weighted by molar-refractivity contribution is 5.24. The molecule has 0 amide bonds. The number of hydrogen-bond acceptors (Lipinski definition) is 4. The molecule has 1 unspecified atom stereocenters. The highest BCUT2D eigenvalue weighted by Crippen LogP contribution is 2.30. The summed E-state index contributed by atoms with van der Waals surface area (Å²) < 4.78 is 6.08. The van der Waals surface area contributed by atoms with Crippen LogP contribution in [0, 0.1) is 5.92 Å². The molecule has 0 aliphatic heterocycles. The van der Waals surface area contributed by atoms with Gasteiger partial charge in [-0.1, -0.05) is 32.0 Å². The van der Waals surface area contributed by atoms with Crippen LogP contribution >= 0.6 is 0 Å². The van der Waals surface area contributed by atoms with Crippen LogP contribution in [-0.2, 0) is 5.60 Å². The maximum atomic E-state index is 11.8. The minimum atomic E-state index is -1.28. The first kappa shape index (κ1) is 13.5. The van der Waals surface area contributed by atoms with E-state index in [1.54, 1.807) is 19.1 Å². The van der Waals surface area contributed by atoms with Gasteiger partial charge in [0.05, 0.1) is 5.27 Å². The zero-order valence-corrected chi connectivity index (χ0v) is 11.3. The normalized spacial score (nSPS) is 14.6. The van der Waals surface area contributed by atoms with Crippen molar-refractivity contribution in [3.8, 4) is 11.6 Å². The van der Waals surface area contributed by atoms with Crippen molar-refractivity contribution in [1.29, 1.82) is 0 Å². The summed E-state index contributed by atoms with van der Waals surface area (Å²) in [5, 5.41) is 26.1. The molecule has 102 valence electrons. The largest absolute Gasteiger partial charge is 0.539 e. The Labute approximate surface area is 112 Å². The molecule has 0 aliphatic rings. The van der Waals surface area contributed by atoms with Crippen molar-refractivity contribution >= 4 is 0 Å². The highest BCUT2D eigenvalue weighted by Gasteiger charge is 2.38. The van der Waals surface area contributed by atoms with E-state index in [1.165, 1.54) is 4.68 Å². The maximum Gasteiger partial charge on any atom is 0.271 e. The molecule has 0 saturated heterocycles. The monoisotopic (exact) mass is 262 g/mol. The van der Waals surface area contributed by atoms with E-state index in [2.05, 4.69) is 5.27 Å². The van der Waals surface area contributed by atoms with Gasteiger partial charge in [-0.15, -0.1) is 0 Å². The van der Waals surface area contributed by atoms with E-state index in [0.717, 1.165) is 0 Å². The molecule has 0 bridgehead atoms. The predicted molar refractivity (Wildman–Crippen MR) is 66.5 cm³/mol. The first-order valence-corrected chi connectivity index (χ1v) is 6.29. The van der Waals surface area contributed by atoms with E-state index in [1.807, 2.05) is 32.0 Å². The Hall–Kier alpha value is -1.88. The van der Waals surface area contributed by atoms with Gasteiger partial charge in [0.25, 0.3) is 5.69 Å². The molecule has 0 saturated carbocycles. The van der Waals surface area contributed by atoms with Crippen LogP contribution in [-0.4, -0.2) is 10.4 Å². The lowest BCUT2D eigenvalue weighted by Gasteiger charge is -2.21. The lowest BCUT2D eigenvalue weighted by molar-refractivity contribution is -0.684. The molecule has 0 radical (unpaired) electrons. The van der Waals surface area contributed by atoms with Gasteiger partial charge in [-0.25, -0.2) is 0 Å². The quantitative estimate of drug-likeness (QED) is 0.842. The average molecular weight is 262 g/mol. The van der Waals surface area contributed by atoms with Crippen LogP contribution in [0.4, 0.5) is 0 Å². The summed E-state index contributed by atoms with van der Waals surface area (Å²) in [5.74, 6) is -0.358. The number of rotatable bonds is 4. The molecule has 1 heterocycles. The summed E-state index contributed by atoms with van der Waals surface area (Å²) in [6.07, 6.45) is 0.455. The molecule has 1 N–H and O–H groups in total. The number of hydrogen-bond donors (Lipinski definition) is 1. The molecule has 1 aromatic heterocycles. The molecular formula is C14H18N2O3. The molecule has 19 heavy (non-hydrogen) atoms. The number of nitrogens with zero attached hydrogens (tertiary/aromatic N) is 2. The topological polar surface area (TPSA) is 73.2 Å². The lowest BCUT2D eigenvalue weighted by atomic mass is 9.91. The third-order valence-corrected chi connectivity index (χ3v) is 2.93. The Kier molecular flexibility index (Phi) is 3.57. The standard InChI is InChI=1S/C14H18N2O3/c1-10(2)9-14(3,18)12-13(17)19-15-16(12)11-7-5-4-6-8-11/h4-8,10,18H,9H2,1-3H3. The second kappa shape index (κ2) is 5.01. The Morgan fingerprint density at radius 1 is 1.37 bits per heavy atom. The third-order valence-electron chi connectivity index (χ3n) is 2.93. The fourth-order valence-corrected chi connectivity index (χ4v) is 2.33.